The first-order chi connectivity index (χ1) is 12.5. The van der Waals surface area contributed by atoms with Gasteiger partial charge in [-0.25, -0.2) is 9.97 Å². The minimum atomic E-state index is -0.0527. The van der Waals surface area contributed by atoms with Crippen molar-refractivity contribution in [1.29, 1.82) is 0 Å². The molecular weight excluding hydrogens is 346 g/mol. The molecule has 1 aliphatic heterocycles. The van der Waals surface area contributed by atoms with Crippen molar-refractivity contribution < 1.29 is 4.79 Å². The Morgan fingerprint density at radius 1 is 1.19 bits per heavy atom. The number of anilines is 1. The van der Waals surface area contributed by atoms with Crippen molar-refractivity contribution in [3.05, 3.63) is 16.1 Å². The number of nitrogens with zero attached hydrogens (tertiary/aromatic N) is 5. The molecule has 2 aromatic rings. The van der Waals surface area contributed by atoms with Gasteiger partial charge in [-0.2, -0.15) is 0 Å². The Kier molecular flexibility index (Phi) is 5.77. The van der Waals surface area contributed by atoms with Gasteiger partial charge < -0.3 is 9.80 Å². The van der Waals surface area contributed by atoms with E-state index in [0.29, 0.717) is 11.9 Å². The molecule has 2 aromatic heterocycles. The lowest BCUT2D eigenvalue weighted by Gasteiger charge is -2.38. The molecule has 6 nitrogen and oxygen atoms in total. The summed E-state index contributed by atoms with van der Waals surface area (Å²) in [7, 11) is 3.92. The Hall–Kier alpha value is -1.73. The molecule has 1 fully saturated rings. The lowest BCUT2D eigenvalue weighted by molar-refractivity contribution is 0.0549. The van der Waals surface area contributed by atoms with Crippen LogP contribution >= 0.6 is 11.3 Å². The van der Waals surface area contributed by atoms with Crippen LogP contribution in [0.4, 0.5) is 5.82 Å². The lowest BCUT2D eigenvalue weighted by Crippen LogP contribution is -2.52. The van der Waals surface area contributed by atoms with Crippen molar-refractivity contribution in [2.45, 2.75) is 39.7 Å². The van der Waals surface area contributed by atoms with E-state index in [-0.39, 0.29) is 5.91 Å². The van der Waals surface area contributed by atoms with Crippen molar-refractivity contribution in [3.8, 4) is 0 Å². The monoisotopic (exact) mass is 375 g/mol. The molecule has 0 radical (unpaired) electrons. The number of thiophene rings is 1. The van der Waals surface area contributed by atoms with Crippen molar-refractivity contribution in [1.82, 2.24) is 19.8 Å². The Labute approximate surface area is 159 Å². The van der Waals surface area contributed by atoms with Crippen molar-refractivity contribution >= 4 is 34.0 Å². The molecule has 0 bridgehead atoms. The van der Waals surface area contributed by atoms with Gasteiger partial charge >= 0.3 is 0 Å². The van der Waals surface area contributed by atoms with Gasteiger partial charge in [0.1, 0.15) is 5.82 Å². The normalized spacial score (nSPS) is 15.8. The Balaban J connectivity index is 1.81. The molecule has 1 amide bonds. The van der Waals surface area contributed by atoms with E-state index in [0.717, 1.165) is 55.7 Å². The Morgan fingerprint density at radius 2 is 1.85 bits per heavy atom. The number of carbonyl (C=O) groups is 1. The number of amides is 1. The van der Waals surface area contributed by atoms with Crippen LogP contribution in [0.15, 0.2) is 5.38 Å². The van der Waals surface area contributed by atoms with Gasteiger partial charge in [0, 0.05) is 56.6 Å². The minimum absolute atomic E-state index is 0.0527. The van der Waals surface area contributed by atoms with E-state index in [1.54, 1.807) is 11.3 Å². The summed E-state index contributed by atoms with van der Waals surface area (Å²) < 4.78 is 0. The molecule has 7 heteroatoms. The molecule has 1 aliphatic rings. The molecule has 0 spiro atoms. The topological polar surface area (TPSA) is 52.6 Å². The van der Waals surface area contributed by atoms with Crippen LogP contribution in [0.25, 0.3) is 10.9 Å². The molecule has 3 rings (SSSR count). The van der Waals surface area contributed by atoms with E-state index < -0.39 is 0 Å². The number of carbonyl (C=O) groups excluding carboxylic acids is 1. The second-order valence-electron chi connectivity index (χ2n) is 7.12. The maximum atomic E-state index is 13.0. The van der Waals surface area contributed by atoms with Crippen LogP contribution in [-0.2, 0) is 0 Å². The summed E-state index contributed by atoms with van der Waals surface area (Å²) in [6.45, 7) is 9.90. The fourth-order valence-electron chi connectivity index (χ4n) is 3.75. The number of piperazine rings is 1. The largest absolute Gasteiger partial charge is 0.362 e. The SMILES string of the molecule is CCC(CC)N1CCN(C(=O)c2nc(N(C)C)c3c(C)scc3n2)CC1. The van der Waals surface area contributed by atoms with Gasteiger partial charge in [0.15, 0.2) is 0 Å². The zero-order valence-corrected chi connectivity index (χ0v) is 17.3. The molecule has 142 valence electrons. The first-order valence-electron chi connectivity index (χ1n) is 9.42. The Morgan fingerprint density at radius 3 is 2.42 bits per heavy atom. The molecule has 3 heterocycles. The van der Waals surface area contributed by atoms with E-state index in [1.165, 1.54) is 4.88 Å². The summed E-state index contributed by atoms with van der Waals surface area (Å²) in [6.07, 6.45) is 2.32. The lowest BCUT2D eigenvalue weighted by atomic mass is 10.1. The zero-order valence-electron chi connectivity index (χ0n) is 16.4. The van der Waals surface area contributed by atoms with E-state index in [9.17, 15) is 4.79 Å². The number of aryl methyl sites for hydroxylation is 1. The summed E-state index contributed by atoms with van der Waals surface area (Å²) in [5.74, 6) is 1.09. The summed E-state index contributed by atoms with van der Waals surface area (Å²) in [5, 5.41) is 3.07. The molecule has 0 unspecified atom stereocenters. The third-order valence-electron chi connectivity index (χ3n) is 5.29. The number of fused-ring (bicyclic) bond motifs is 1. The number of hydrogen-bond donors (Lipinski definition) is 0. The van der Waals surface area contributed by atoms with Crippen molar-refractivity contribution in [3.63, 3.8) is 0 Å². The quantitative estimate of drug-likeness (QED) is 0.804. The van der Waals surface area contributed by atoms with Gasteiger partial charge in [-0.1, -0.05) is 13.8 Å². The third-order valence-corrected chi connectivity index (χ3v) is 6.19. The fraction of sp³-hybridized carbons (Fsp3) is 0.632. The second kappa shape index (κ2) is 7.88. The van der Waals surface area contributed by atoms with E-state index >= 15 is 0 Å². The van der Waals surface area contributed by atoms with Crippen molar-refractivity contribution in [2.75, 3.05) is 45.2 Å². The van der Waals surface area contributed by atoms with Gasteiger partial charge in [0.25, 0.3) is 5.91 Å². The molecule has 0 atom stereocenters. The first kappa shape index (κ1) is 19.0. The van der Waals surface area contributed by atoms with Gasteiger partial charge in [-0.05, 0) is 19.8 Å². The molecule has 26 heavy (non-hydrogen) atoms. The van der Waals surface area contributed by atoms with Crippen LogP contribution in [0.2, 0.25) is 0 Å². The van der Waals surface area contributed by atoms with Crippen LogP contribution in [0.1, 0.15) is 42.2 Å². The highest BCUT2D eigenvalue weighted by Crippen LogP contribution is 2.30. The molecule has 1 saturated heterocycles. The van der Waals surface area contributed by atoms with Crippen LogP contribution in [0, 0.1) is 6.92 Å². The summed E-state index contributed by atoms with van der Waals surface area (Å²) in [6, 6.07) is 0.619. The highest BCUT2D eigenvalue weighted by Gasteiger charge is 2.27. The predicted molar refractivity (Wildman–Crippen MR) is 108 cm³/mol. The van der Waals surface area contributed by atoms with Gasteiger partial charge in [-0.15, -0.1) is 11.3 Å². The van der Waals surface area contributed by atoms with Crippen LogP contribution in [0.3, 0.4) is 0 Å². The standard InChI is InChI=1S/C19H29N5OS/c1-6-14(7-2)23-8-10-24(11-9-23)19(25)17-20-15-12-26-13(3)16(15)18(21-17)22(4)5/h12,14H,6-11H2,1-5H3. The zero-order chi connectivity index (χ0) is 18.8. The van der Waals surface area contributed by atoms with Gasteiger partial charge in [0.2, 0.25) is 5.82 Å². The van der Waals surface area contributed by atoms with E-state index in [2.05, 4.69) is 35.6 Å². The van der Waals surface area contributed by atoms with Crippen LogP contribution < -0.4 is 4.90 Å². The van der Waals surface area contributed by atoms with Crippen molar-refractivity contribution in [2.24, 2.45) is 0 Å². The smallest absolute Gasteiger partial charge is 0.291 e. The molecular formula is C19H29N5OS. The summed E-state index contributed by atoms with van der Waals surface area (Å²) in [4.78, 5) is 29.7. The highest BCUT2D eigenvalue weighted by molar-refractivity contribution is 7.11. The molecule has 0 aliphatic carbocycles. The predicted octanol–water partition coefficient (Wildman–Crippen LogP) is 3.01. The second-order valence-corrected chi connectivity index (χ2v) is 8.20. The first-order valence-corrected chi connectivity index (χ1v) is 10.3. The van der Waals surface area contributed by atoms with Crippen LogP contribution in [0.5, 0.6) is 0 Å². The van der Waals surface area contributed by atoms with Gasteiger partial charge in [-0.3, -0.25) is 9.69 Å². The third kappa shape index (κ3) is 3.55. The average molecular weight is 376 g/mol. The minimum Gasteiger partial charge on any atom is -0.362 e. The molecule has 0 aromatic carbocycles. The van der Waals surface area contributed by atoms with Crippen LogP contribution in [-0.4, -0.2) is 72.0 Å². The highest BCUT2D eigenvalue weighted by atomic mass is 32.1. The summed E-state index contributed by atoms with van der Waals surface area (Å²) in [5.41, 5.74) is 0.866. The maximum Gasteiger partial charge on any atom is 0.291 e. The fourth-order valence-corrected chi connectivity index (χ4v) is 4.52. The molecule has 0 saturated carbocycles. The Bertz CT molecular complexity index is 776. The van der Waals surface area contributed by atoms with Gasteiger partial charge in [0.05, 0.1) is 10.9 Å². The average Bonchev–Trinajstić information content (AvgIpc) is 3.03. The summed E-state index contributed by atoms with van der Waals surface area (Å²) >= 11 is 1.65. The number of hydrogen-bond acceptors (Lipinski definition) is 6. The number of rotatable bonds is 5. The molecule has 0 N–H and O–H groups in total. The number of aromatic nitrogens is 2. The van der Waals surface area contributed by atoms with E-state index in [4.69, 9.17) is 0 Å². The maximum absolute atomic E-state index is 13.0. The van der Waals surface area contributed by atoms with E-state index in [1.807, 2.05) is 29.3 Å².